The molecule has 1 rings (SSSR count). The molecule has 0 aliphatic rings. The van der Waals surface area contributed by atoms with Crippen LogP contribution in [-0.2, 0) is 14.8 Å². The van der Waals surface area contributed by atoms with Crippen LogP contribution in [0.15, 0.2) is 23.4 Å². The molecule has 1 aromatic heterocycles. The van der Waals surface area contributed by atoms with E-state index in [1.165, 1.54) is 25.4 Å². The van der Waals surface area contributed by atoms with Crippen LogP contribution >= 0.6 is 0 Å². The first kappa shape index (κ1) is 13.4. The number of pyridine rings is 1. The van der Waals surface area contributed by atoms with Crippen LogP contribution in [0, 0.1) is 0 Å². The summed E-state index contributed by atoms with van der Waals surface area (Å²) < 4.78 is 25.7. The maximum absolute atomic E-state index is 11.7. The minimum absolute atomic E-state index is 0.000301. The Morgan fingerprint density at radius 2 is 2.12 bits per heavy atom. The molecule has 1 amide bonds. The number of nitrogens with zero attached hydrogens (tertiary/aromatic N) is 1. The Labute approximate surface area is 99.5 Å². The van der Waals surface area contributed by atoms with Crippen LogP contribution in [0.3, 0.4) is 0 Å². The second kappa shape index (κ2) is 5.60. The van der Waals surface area contributed by atoms with E-state index in [4.69, 9.17) is 5.73 Å². The Hall–Kier alpha value is -1.67. The standard InChI is InChI=1S/C9H14N4O3S/c1-7(14)12-2-3-13-17(15,16)9-4-8(10)5-11-6-9/h4-6,13H,2-3,10H2,1H3,(H,12,14). The molecule has 0 radical (unpaired) electrons. The molecule has 1 heterocycles. The van der Waals surface area contributed by atoms with Gasteiger partial charge in [-0.1, -0.05) is 0 Å². The number of nitrogen functional groups attached to an aromatic ring is 1. The normalized spacial score (nSPS) is 11.1. The highest BCUT2D eigenvalue weighted by Gasteiger charge is 2.13. The van der Waals surface area contributed by atoms with Crippen molar-refractivity contribution in [3.05, 3.63) is 18.5 Å². The molecule has 0 saturated heterocycles. The lowest BCUT2D eigenvalue weighted by molar-refractivity contribution is -0.118. The monoisotopic (exact) mass is 258 g/mol. The molecule has 0 bridgehead atoms. The number of rotatable bonds is 5. The number of aromatic nitrogens is 1. The summed E-state index contributed by atoms with van der Waals surface area (Å²) in [6.07, 6.45) is 2.56. The van der Waals surface area contributed by atoms with Gasteiger partial charge in [-0.05, 0) is 6.07 Å². The third kappa shape index (κ3) is 4.37. The van der Waals surface area contributed by atoms with Crippen molar-refractivity contribution in [3.8, 4) is 0 Å². The Morgan fingerprint density at radius 1 is 1.41 bits per heavy atom. The molecule has 0 spiro atoms. The summed E-state index contributed by atoms with van der Waals surface area (Å²) in [5.41, 5.74) is 5.71. The smallest absolute Gasteiger partial charge is 0.242 e. The number of nitrogens with two attached hydrogens (primary N) is 1. The van der Waals surface area contributed by atoms with Gasteiger partial charge in [-0.3, -0.25) is 9.78 Å². The molecule has 0 unspecified atom stereocenters. The first-order chi connectivity index (χ1) is 7.92. The molecule has 7 nitrogen and oxygen atoms in total. The summed E-state index contributed by atoms with van der Waals surface area (Å²) in [5.74, 6) is -0.213. The van der Waals surface area contributed by atoms with Crippen LogP contribution in [0.4, 0.5) is 5.69 Å². The van der Waals surface area contributed by atoms with Gasteiger partial charge in [0.1, 0.15) is 4.90 Å². The summed E-state index contributed by atoms with van der Waals surface area (Å²) in [4.78, 5) is 14.3. The van der Waals surface area contributed by atoms with Gasteiger partial charge in [0.15, 0.2) is 0 Å². The molecular formula is C9H14N4O3S. The third-order valence-electron chi connectivity index (χ3n) is 1.84. The summed E-state index contributed by atoms with van der Waals surface area (Å²) in [5, 5.41) is 2.47. The molecule has 0 aromatic carbocycles. The van der Waals surface area contributed by atoms with E-state index in [9.17, 15) is 13.2 Å². The fourth-order valence-electron chi connectivity index (χ4n) is 1.09. The summed E-state index contributed by atoms with van der Waals surface area (Å²) in [6, 6.07) is 1.31. The Bertz CT molecular complexity index is 501. The quantitative estimate of drug-likeness (QED) is 0.591. The third-order valence-corrected chi connectivity index (χ3v) is 3.26. The lowest BCUT2D eigenvalue weighted by atomic mass is 10.4. The number of nitrogens with one attached hydrogen (secondary N) is 2. The van der Waals surface area contributed by atoms with Gasteiger partial charge in [0.25, 0.3) is 0 Å². The highest BCUT2D eigenvalue weighted by Crippen LogP contribution is 2.09. The van der Waals surface area contributed by atoms with Crippen molar-refractivity contribution < 1.29 is 13.2 Å². The fraction of sp³-hybridized carbons (Fsp3) is 0.333. The molecule has 8 heteroatoms. The molecule has 0 saturated carbocycles. The Balaban J connectivity index is 2.60. The Morgan fingerprint density at radius 3 is 2.71 bits per heavy atom. The van der Waals surface area contributed by atoms with Crippen molar-refractivity contribution >= 4 is 21.6 Å². The van der Waals surface area contributed by atoms with Crippen molar-refractivity contribution in [2.24, 2.45) is 0 Å². The number of hydrogen-bond acceptors (Lipinski definition) is 5. The molecule has 0 aliphatic heterocycles. The van der Waals surface area contributed by atoms with Crippen molar-refractivity contribution in [2.45, 2.75) is 11.8 Å². The van der Waals surface area contributed by atoms with Gasteiger partial charge in [0.05, 0.1) is 5.69 Å². The number of sulfonamides is 1. The van der Waals surface area contributed by atoms with Crippen LogP contribution in [0.2, 0.25) is 0 Å². The molecular weight excluding hydrogens is 244 g/mol. The molecule has 4 N–H and O–H groups in total. The van der Waals surface area contributed by atoms with E-state index in [1.54, 1.807) is 0 Å². The highest BCUT2D eigenvalue weighted by molar-refractivity contribution is 7.89. The predicted molar refractivity (Wildman–Crippen MR) is 62.5 cm³/mol. The molecule has 0 aliphatic carbocycles. The number of carbonyl (C=O) groups excluding carboxylic acids is 1. The number of amides is 1. The second-order valence-corrected chi connectivity index (χ2v) is 5.10. The zero-order valence-corrected chi connectivity index (χ0v) is 10.1. The maximum atomic E-state index is 11.7. The van der Waals surface area contributed by atoms with Gasteiger partial charge in [-0.2, -0.15) is 0 Å². The lowest BCUT2D eigenvalue weighted by Crippen LogP contribution is -2.33. The Kier molecular flexibility index (Phi) is 4.41. The van der Waals surface area contributed by atoms with Crippen molar-refractivity contribution in [1.82, 2.24) is 15.0 Å². The van der Waals surface area contributed by atoms with E-state index >= 15 is 0 Å². The van der Waals surface area contributed by atoms with Gasteiger partial charge in [-0.15, -0.1) is 0 Å². The highest BCUT2D eigenvalue weighted by atomic mass is 32.2. The molecule has 1 aromatic rings. The maximum Gasteiger partial charge on any atom is 0.242 e. The molecule has 0 fully saturated rings. The molecule has 17 heavy (non-hydrogen) atoms. The van der Waals surface area contributed by atoms with Crippen LogP contribution in [0.5, 0.6) is 0 Å². The number of anilines is 1. The van der Waals surface area contributed by atoms with Crippen LogP contribution in [0.1, 0.15) is 6.92 Å². The lowest BCUT2D eigenvalue weighted by Gasteiger charge is -2.07. The largest absolute Gasteiger partial charge is 0.397 e. The molecule has 94 valence electrons. The van der Waals surface area contributed by atoms with E-state index in [0.29, 0.717) is 0 Å². The zero-order valence-electron chi connectivity index (χ0n) is 9.30. The number of carbonyl (C=O) groups is 1. The summed E-state index contributed by atoms with van der Waals surface area (Å²) in [7, 11) is -3.62. The van der Waals surface area contributed by atoms with Crippen LogP contribution in [0.25, 0.3) is 0 Å². The van der Waals surface area contributed by atoms with Crippen molar-refractivity contribution in [2.75, 3.05) is 18.8 Å². The SMILES string of the molecule is CC(=O)NCCNS(=O)(=O)c1cncc(N)c1. The number of hydrogen-bond donors (Lipinski definition) is 3. The summed E-state index contributed by atoms with van der Waals surface area (Å²) in [6.45, 7) is 1.69. The van der Waals surface area contributed by atoms with Gasteiger partial charge >= 0.3 is 0 Å². The van der Waals surface area contributed by atoms with E-state index < -0.39 is 10.0 Å². The van der Waals surface area contributed by atoms with Gasteiger partial charge in [-0.25, -0.2) is 13.1 Å². The molecule has 0 atom stereocenters. The van der Waals surface area contributed by atoms with Gasteiger partial charge < -0.3 is 11.1 Å². The fourth-order valence-corrected chi connectivity index (χ4v) is 2.12. The topological polar surface area (TPSA) is 114 Å². The minimum Gasteiger partial charge on any atom is -0.397 e. The van der Waals surface area contributed by atoms with E-state index in [1.807, 2.05) is 0 Å². The van der Waals surface area contributed by atoms with E-state index in [0.717, 1.165) is 0 Å². The van der Waals surface area contributed by atoms with E-state index in [-0.39, 0.29) is 29.6 Å². The second-order valence-electron chi connectivity index (χ2n) is 3.33. The average molecular weight is 258 g/mol. The first-order valence-corrected chi connectivity index (χ1v) is 6.35. The summed E-state index contributed by atoms with van der Waals surface area (Å²) >= 11 is 0. The zero-order chi connectivity index (χ0) is 12.9. The average Bonchev–Trinajstić information content (AvgIpc) is 2.24. The van der Waals surface area contributed by atoms with Crippen LogP contribution < -0.4 is 15.8 Å². The van der Waals surface area contributed by atoms with Gasteiger partial charge in [0, 0.05) is 32.4 Å². The van der Waals surface area contributed by atoms with Crippen molar-refractivity contribution in [1.29, 1.82) is 0 Å². The first-order valence-electron chi connectivity index (χ1n) is 4.86. The predicted octanol–water partition coefficient (Wildman–Crippen LogP) is -0.922. The van der Waals surface area contributed by atoms with Gasteiger partial charge in [0.2, 0.25) is 15.9 Å². The minimum atomic E-state index is -3.62. The van der Waals surface area contributed by atoms with Crippen molar-refractivity contribution in [3.63, 3.8) is 0 Å². The van der Waals surface area contributed by atoms with Crippen LogP contribution in [-0.4, -0.2) is 32.4 Å². The van der Waals surface area contributed by atoms with E-state index in [2.05, 4.69) is 15.0 Å².